The minimum absolute atomic E-state index is 0.105. The molecule has 0 unspecified atom stereocenters. The first-order valence-corrected chi connectivity index (χ1v) is 8.61. The summed E-state index contributed by atoms with van der Waals surface area (Å²) < 4.78 is 4.96. The fourth-order valence-electron chi connectivity index (χ4n) is 2.34. The Bertz CT molecular complexity index is 873. The smallest absolute Gasteiger partial charge is 0.338 e. The number of ether oxygens (including phenoxy) is 1. The molecule has 28 heavy (non-hydrogen) atoms. The van der Waals surface area contributed by atoms with Gasteiger partial charge in [0.1, 0.15) is 0 Å². The van der Waals surface area contributed by atoms with Crippen molar-refractivity contribution in [1.82, 2.24) is 0 Å². The molecule has 0 spiro atoms. The molecule has 2 rings (SSSR count). The van der Waals surface area contributed by atoms with Crippen LogP contribution in [-0.4, -0.2) is 29.2 Å². The molecule has 2 aromatic rings. The maximum absolute atomic E-state index is 12.1. The number of Topliss-reactive ketones (excluding diaryl/α,β-unsaturated/α-hetero) is 1. The summed E-state index contributed by atoms with van der Waals surface area (Å²) in [6, 6.07) is 11.2. The van der Waals surface area contributed by atoms with Crippen molar-refractivity contribution in [3.63, 3.8) is 0 Å². The Kier molecular flexibility index (Phi) is 6.97. The minimum Gasteiger partial charge on any atom is -0.454 e. The van der Waals surface area contributed by atoms with Crippen molar-refractivity contribution in [2.24, 2.45) is 5.92 Å². The number of rotatable bonds is 8. The number of nitro benzene ring substituents is 1. The van der Waals surface area contributed by atoms with Crippen LogP contribution in [0.25, 0.3) is 0 Å². The normalized spacial score (nSPS) is 10.4. The van der Waals surface area contributed by atoms with Crippen LogP contribution in [0.3, 0.4) is 0 Å². The van der Waals surface area contributed by atoms with Gasteiger partial charge in [0.2, 0.25) is 5.91 Å². The van der Waals surface area contributed by atoms with Crippen molar-refractivity contribution in [1.29, 1.82) is 0 Å². The molecular weight excluding hydrogens is 364 g/mol. The molecule has 0 aliphatic heterocycles. The van der Waals surface area contributed by atoms with E-state index in [0.29, 0.717) is 17.7 Å². The van der Waals surface area contributed by atoms with E-state index in [4.69, 9.17) is 4.74 Å². The number of esters is 1. The Morgan fingerprint density at radius 3 is 2.11 bits per heavy atom. The molecular formula is C20H20N2O6. The van der Waals surface area contributed by atoms with E-state index in [2.05, 4.69) is 5.32 Å². The van der Waals surface area contributed by atoms with E-state index >= 15 is 0 Å². The van der Waals surface area contributed by atoms with Crippen LogP contribution in [0.2, 0.25) is 0 Å². The van der Waals surface area contributed by atoms with Gasteiger partial charge in [-0.15, -0.1) is 0 Å². The summed E-state index contributed by atoms with van der Waals surface area (Å²) >= 11 is 0. The summed E-state index contributed by atoms with van der Waals surface area (Å²) in [6.07, 6.45) is 0.402. The molecule has 0 saturated heterocycles. The summed E-state index contributed by atoms with van der Waals surface area (Å²) in [7, 11) is 0. The molecule has 2 aromatic carbocycles. The van der Waals surface area contributed by atoms with E-state index in [-0.39, 0.29) is 23.1 Å². The van der Waals surface area contributed by atoms with E-state index in [1.807, 2.05) is 13.8 Å². The van der Waals surface area contributed by atoms with Gasteiger partial charge in [0.15, 0.2) is 12.4 Å². The molecule has 8 nitrogen and oxygen atoms in total. The SMILES string of the molecule is CC(C)CC(=O)Nc1ccc(C(=O)COC(=O)c2ccc([N+](=O)[O-])cc2)cc1. The molecule has 1 N–H and O–H groups in total. The summed E-state index contributed by atoms with van der Waals surface area (Å²) in [6.45, 7) is 3.42. The summed E-state index contributed by atoms with van der Waals surface area (Å²) in [5.41, 5.74) is 0.873. The van der Waals surface area contributed by atoms with E-state index in [1.54, 1.807) is 12.1 Å². The van der Waals surface area contributed by atoms with Gasteiger partial charge in [-0.3, -0.25) is 19.7 Å². The van der Waals surface area contributed by atoms with Gasteiger partial charge in [-0.05, 0) is 42.3 Å². The lowest BCUT2D eigenvalue weighted by atomic mass is 10.1. The predicted octanol–water partition coefficient (Wildman–Crippen LogP) is 3.62. The number of nitrogens with one attached hydrogen (secondary N) is 1. The quantitative estimate of drug-likeness (QED) is 0.322. The van der Waals surface area contributed by atoms with Crippen molar-refractivity contribution in [3.8, 4) is 0 Å². The zero-order chi connectivity index (χ0) is 20.7. The second kappa shape index (κ2) is 9.40. The van der Waals surface area contributed by atoms with Gasteiger partial charge in [-0.25, -0.2) is 4.79 Å². The van der Waals surface area contributed by atoms with Gasteiger partial charge in [0.25, 0.3) is 5.69 Å². The van der Waals surface area contributed by atoms with E-state index in [0.717, 1.165) is 0 Å². The highest BCUT2D eigenvalue weighted by molar-refractivity contribution is 6.00. The number of carbonyl (C=O) groups is 3. The predicted molar refractivity (Wildman–Crippen MR) is 102 cm³/mol. The number of hydrogen-bond donors (Lipinski definition) is 1. The third-order valence-corrected chi connectivity index (χ3v) is 3.73. The molecule has 0 aromatic heterocycles. The topological polar surface area (TPSA) is 116 Å². The van der Waals surface area contributed by atoms with Crippen molar-refractivity contribution in [2.45, 2.75) is 20.3 Å². The number of anilines is 1. The van der Waals surface area contributed by atoms with Gasteiger partial charge < -0.3 is 10.1 Å². The first-order chi connectivity index (χ1) is 13.3. The molecule has 146 valence electrons. The number of nitrogens with zero attached hydrogens (tertiary/aromatic N) is 1. The zero-order valence-corrected chi connectivity index (χ0v) is 15.5. The monoisotopic (exact) mass is 384 g/mol. The van der Waals surface area contributed by atoms with Crippen molar-refractivity contribution in [3.05, 3.63) is 69.8 Å². The Labute approximate surface area is 161 Å². The number of non-ortho nitro benzene ring substituents is 1. The summed E-state index contributed by atoms with van der Waals surface area (Å²) in [5, 5.41) is 13.3. The Morgan fingerprint density at radius 2 is 1.57 bits per heavy atom. The number of amides is 1. The lowest BCUT2D eigenvalue weighted by Crippen LogP contribution is -2.15. The van der Waals surface area contributed by atoms with Crippen LogP contribution in [0.15, 0.2) is 48.5 Å². The highest BCUT2D eigenvalue weighted by Crippen LogP contribution is 2.14. The molecule has 0 radical (unpaired) electrons. The van der Waals surface area contributed by atoms with Crippen LogP contribution in [0, 0.1) is 16.0 Å². The van der Waals surface area contributed by atoms with E-state index in [1.165, 1.54) is 36.4 Å². The number of hydrogen-bond acceptors (Lipinski definition) is 6. The maximum Gasteiger partial charge on any atom is 0.338 e. The molecule has 0 bridgehead atoms. The van der Waals surface area contributed by atoms with E-state index < -0.39 is 23.3 Å². The third kappa shape index (κ3) is 6.01. The minimum atomic E-state index is -0.749. The highest BCUT2D eigenvalue weighted by atomic mass is 16.6. The fourth-order valence-corrected chi connectivity index (χ4v) is 2.34. The lowest BCUT2D eigenvalue weighted by Gasteiger charge is -2.08. The van der Waals surface area contributed by atoms with E-state index in [9.17, 15) is 24.5 Å². The number of ketones is 1. The van der Waals surface area contributed by atoms with Crippen LogP contribution in [0.5, 0.6) is 0 Å². The van der Waals surface area contributed by atoms with Crippen LogP contribution in [0.1, 0.15) is 41.0 Å². The van der Waals surface area contributed by atoms with Gasteiger partial charge in [0, 0.05) is 29.8 Å². The van der Waals surface area contributed by atoms with Crippen LogP contribution >= 0.6 is 0 Å². The Hall–Kier alpha value is -3.55. The second-order valence-corrected chi connectivity index (χ2v) is 6.53. The van der Waals surface area contributed by atoms with Gasteiger partial charge in [-0.2, -0.15) is 0 Å². The number of benzene rings is 2. The van der Waals surface area contributed by atoms with Crippen LogP contribution in [0.4, 0.5) is 11.4 Å². The van der Waals surface area contributed by atoms with Gasteiger partial charge in [-0.1, -0.05) is 13.8 Å². The zero-order valence-electron chi connectivity index (χ0n) is 15.5. The molecule has 0 fully saturated rings. The molecule has 1 amide bonds. The molecule has 0 aliphatic rings. The molecule has 0 atom stereocenters. The Morgan fingerprint density at radius 1 is 1.00 bits per heavy atom. The second-order valence-electron chi connectivity index (χ2n) is 6.53. The van der Waals surface area contributed by atoms with Gasteiger partial charge in [0.05, 0.1) is 10.5 Å². The number of nitro groups is 1. The Balaban J connectivity index is 1.89. The van der Waals surface area contributed by atoms with Crippen molar-refractivity contribution < 1.29 is 24.0 Å². The highest BCUT2D eigenvalue weighted by Gasteiger charge is 2.14. The lowest BCUT2D eigenvalue weighted by molar-refractivity contribution is -0.384. The summed E-state index contributed by atoms with van der Waals surface area (Å²) in [4.78, 5) is 45.9. The van der Waals surface area contributed by atoms with Crippen molar-refractivity contribution >= 4 is 29.0 Å². The largest absolute Gasteiger partial charge is 0.454 e. The molecule has 0 saturated carbocycles. The average molecular weight is 384 g/mol. The fraction of sp³-hybridized carbons (Fsp3) is 0.250. The standard InChI is InChI=1S/C20H20N2O6/c1-13(2)11-19(24)21-16-7-3-14(4-8-16)18(23)12-28-20(25)15-5-9-17(10-6-15)22(26)27/h3-10,13H,11-12H2,1-2H3,(H,21,24). The van der Waals surface area contributed by atoms with Crippen LogP contribution < -0.4 is 5.32 Å². The molecule has 0 aliphatic carbocycles. The number of carbonyl (C=O) groups excluding carboxylic acids is 3. The average Bonchev–Trinajstić information content (AvgIpc) is 2.65. The third-order valence-electron chi connectivity index (χ3n) is 3.73. The maximum atomic E-state index is 12.1. The molecule has 0 heterocycles. The first-order valence-electron chi connectivity index (χ1n) is 8.61. The molecule has 8 heteroatoms. The van der Waals surface area contributed by atoms with Crippen molar-refractivity contribution in [2.75, 3.05) is 11.9 Å². The summed E-state index contributed by atoms with van der Waals surface area (Å²) in [5.74, 6) is -1.02. The van der Waals surface area contributed by atoms with Crippen LogP contribution in [-0.2, 0) is 9.53 Å². The van der Waals surface area contributed by atoms with Gasteiger partial charge >= 0.3 is 5.97 Å². The first kappa shape index (κ1) is 20.8.